The highest BCUT2D eigenvalue weighted by atomic mass is 32.2. The molecule has 1 aromatic carbocycles. The Kier molecular flexibility index (Phi) is 4.42. The van der Waals surface area contributed by atoms with Gasteiger partial charge in [0.1, 0.15) is 4.88 Å². The maximum Gasteiger partial charge on any atom is 0.269 e. The summed E-state index contributed by atoms with van der Waals surface area (Å²) in [5.41, 5.74) is 0.243. The molecule has 23 heavy (non-hydrogen) atoms. The van der Waals surface area contributed by atoms with Gasteiger partial charge in [0.15, 0.2) is 5.13 Å². The van der Waals surface area contributed by atoms with Crippen LogP contribution in [0.5, 0.6) is 0 Å². The molecule has 0 atom stereocenters. The van der Waals surface area contributed by atoms with Crippen molar-refractivity contribution in [3.05, 3.63) is 58.2 Å². The number of nitrogens with one attached hydrogen (secondary N) is 2. The number of thiophene rings is 1. The lowest BCUT2D eigenvalue weighted by Gasteiger charge is -2.08. The Labute approximate surface area is 140 Å². The molecule has 0 saturated carbocycles. The number of hydrogen-bond donors (Lipinski definition) is 2. The van der Waals surface area contributed by atoms with E-state index < -0.39 is 15.9 Å². The molecule has 0 fully saturated rings. The number of anilines is 2. The van der Waals surface area contributed by atoms with Crippen LogP contribution in [0, 0.1) is 0 Å². The summed E-state index contributed by atoms with van der Waals surface area (Å²) in [7, 11) is -3.74. The number of amides is 1. The van der Waals surface area contributed by atoms with Crippen molar-refractivity contribution in [1.29, 1.82) is 0 Å². The summed E-state index contributed by atoms with van der Waals surface area (Å²) >= 11 is 2.44. The first kappa shape index (κ1) is 15.7. The number of benzene rings is 1. The molecule has 2 N–H and O–H groups in total. The van der Waals surface area contributed by atoms with Gasteiger partial charge in [-0.2, -0.15) is 0 Å². The quantitative estimate of drug-likeness (QED) is 0.726. The van der Waals surface area contributed by atoms with E-state index in [9.17, 15) is 13.2 Å². The third-order valence-corrected chi connectivity index (χ3v) is 5.81. The Morgan fingerprint density at radius 3 is 2.52 bits per heavy atom. The average Bonchev–Trinajstić information content (AvgIpc) is 3.19. The third-order valence-electron chi connectivity index (χ3n) is 2.82. The normalized spacial score (nSPS) is 11.1. The number of carbonyl (C=O) groups excluding carboxylic acids is 1. The SMILES string of the molecule is O=C(Nc1nccs1)c1sccc1NS(=O)(=O)c1ccccc1. The molecule has 3 aromatic rings. The first-order valence-electron chi connectivity index (χ1n) is 6.42. The van der Waals surface area contributed by atoms with Gasteiger partial charge in [0.05, 0.1) is 10.6 Å². The Hall–Kier alpha value is -2.23. The molecule has 0 bridgehead atoms. The summed E-state index contributed by atoms with van der Waals surface area (Å²) < 4.78 is 27.1. The van der Waals surface area contributed by atoms with Crippen LogP contribution in [0.15, 0.2) is 58.3 Å². The lowest BCUT2D eigenvalue weighted by atomic mass is 10.4. The minimum absolute atomic E-state index is 0.137. The van der Waals surface area contributed by atoms with Crippen LogP contribution in [0.4, 0.5) is 10.8 Å². The maximum atomic E-state index is 12.3. The van der Waals surface area contributed by atoms with E-state index in [1.807, 2.05) is 0 Å². The monoisotopic (exact) mass is 365 g/mol. The van der Waals surface area contributed by atoms with Gasteiger partial charge in [0.25, 0.3) is 15.9 Å². The van der Waals surface area contributed by atoms with Crippen LogP contribution in [0.25, 0.3) is 0 Å². The molecule has 3 rings (SSSR count). The molecule has 9 heteroatoms. The summed E-state index contributed by atoms with van der Waals surface area (Å²) in [6.45, 7) is 0. The van der Waals surface area contributed by atoms with Gasteiger partial charge in [0, 0.05) is 11.6 Å². The average molecular weight is 365 g/mol. The van der Waals surface area contributed by atoms with Gasteiger partial charge in [0.2, 0.25) is 0 Å². The predicted octanol–water partition coefficient (Wildman–Crippen LogP) is 3.26. The van der Waals surface area contributed by atoms with Crippen molar-refractivity contribution >= 4 is 49.4 Å². The van der Waals surface area contributed by atoms with Gasteiger partial charge in [-0.3, -0.25) is 14.8 Å². The van der Waals surface area contributed by atoms with E-state index >= 15 is 0 Å². The summed E-state index contributed by atoms with van der Waals surface area (Å²) in [6, 6.07) is 9.54. The first-order valence-corrected chi connectivity index (χ1v) is 9.67. The Balaban J connectivity index is 1.83. The second-order valence-corrected chi connectivity index (χ2v) is 7.87. The number of nitrogens with zero attached hydrogens (tertiary/aromatic N) is 1. The first-order chi connectivity index (χ1) is 11.1. The van der Waals surface area contributed by atoms with Crippen LogP contribution in [-0.2, 0) is 10.0 Å². The summed E-state index contributed by atoms with van der Waals surface area (Å²) in [5.74, 6) is -0.402. The van der Waals surface area contributed by atoms with Gasteiger partial charge in [-0.15, -0.1) is 22.7 Å². The Bertz CT molecular complexity index is 903. The van der Waals surface area contributed by atoms with Crippen molar-refractivity contribution in [2.45, 2.75) is 4.90 Å². The zero-order chi connectivity index (χ0) is 16.3. The Morgan fingerprint density at radius 1 is 1.04 bits per heavy atom. The molecule has 2 aromatic heterocycles. The molecule has 0 aliphatic heterocycles. The lowest BCUT2D eigenvalue weighted by Crippen LogP contribution is -2.16. The van der Waals surface area contributed by atoms with E-state index in [1.165, 1.54) is 23.5 Å². The number of rotatable bonds is 5. The highest BCUT2D eigenvalue weighted by Gasteiger charge is 2.20. The summed E-state index contributed by atoms with van der Waals surface area (Å²) in [5, 5.41) is 6.48. The number of aromatic nitrogens is 1. The highest BCUT2D eigenvalue weighted by molar-refractivity contribution is 7.92. The molecule has 0 aliphatic rings. The fourth-order valence-corrected chi connectivity index (χ4v) is 4.23. The minimum atomic E-state index is -3.74. The standard InChI is InChI=1S/C14H11N3O3S3/c18-13(16-14-15-7-9-22-14)12-11(6-8-21-12)17-23(19,20)10-4-2-1-3-5-10/h1-9,17H,(H,15,16,18). The Morgan fingerprint density at radius 2 is 1.83 bits per heavy atom. The van der Waals surface area contributed by atoms with Gasteiger partial charge in [-0.1, -0.05) is 18.2 Å². The topological polar surface area (TPSA) is 88.2 Å². The zero-order valence-corrected chi connectivity index (χ0v) is 14.0. The van der Waals surface area contributed by atoms with Gasteiger partial charge in [-0.05, 0) is 23.6 Å². The number of sulfonamides is 1. The van der Waals surface area contributed by atoms with E-state index in [0.717, 1.165) is 11.3 Å². The van der Waals surface area contributed by atoms with Crippen LogP contribution in [-0.4, -0.2) is 19.3 Å². The van der Waals surface area contributed by atoms with Gasteiger partial charge in [-0.25, -0.2) is 13.4 Å². The number of thiazole rings is 1. The molecule has 6 nitrogen and oxygen atoms in total. The van der Waals surface area contributed by atoms with E-state index in [0.29, 0.717) is 5.13 Å². The third kappa shape index (κ3) is 3.58. The van der Waals surface area contributed by atoms with E-state index in [2.05, 4.69) is 15.0 Å². The summed E-state index contributed by atoms with van der Waals surface area (Å²) in [4.78, 5) is 16.6. The maximum absolute atomic E-state index is 12.3. The van der Waals surface area contributed by atoms with Crippen molar-refractivity contribution in [3.63, 3.8) is 0 Å². The fourth-order valence-electron chi connectivity index (χ4n) is 1.81. The van der Waals surface area contributed by atoms with Gasteiger partial charge < -0.3 is 0 Å². The van der Waals surface area contributed by atoms with Crippen LogP contribution in [0.2, 0.25) is 0 Å². The lowest BCUT2D eigenvalue weighted by molar-refractivity contribution is 0.103. The molecule has 0 unspecified atom stereocenters. The molecule has 0 saturated heterocycles. The molecule has 118 valence electrons. The molecule has 2 heterocycles. The predicted molar refractivity (Wildman–Crippen MR) is 91.6 cm³/mol. The molecule has 1 amide bonds. The number of hydrogen-bond acceptors (Lipinski definition) is 6. The zero-order valence-electron chi connectivity index (χ0n) is 11.6. The number of carbonyl (C=O) groups is 1. The minimum Gasteiger partial charge on any atom is -0.297 e. The second-order valence-electron chi connectivity index (χ2n) is 4.37. The van der Waals surface area contributed by atoms with E-state index in [1.54, 1.807) is 41.2 Å². The van der Waals surface area contributed by atoms with E-state index in [-0.39, 0.29) is 15.5 Å². The smallest absolute Gasteiger partial charge is 0.269 e. The van der Waals surface area contributed by atoms with Crippen molar-refractivity contribution in [3.8, 4) is 0 Å². The molecular formula is C14H11N3O3S3. The van der Waals surface area contributed by atoms with Gasteiger partial charge >= 0.3 is 0 Å². The van der Waals surface area contributed by atoms with Crippen molar-refractivity contribution in [2.75, 3.05) is 10.0 Å². The molecule has 0 aliphatic carbocycles. The highest BCUT2D eigenvalue weighted by Crippen LogP contribution is 2.26. The molecular weight excluding hydrogens is 354 g/mol. The van der Waals surface area contributed by atoms with Crippen molar-refractivity contribution < 1.29 is 13.2 Å². The fraction of sp³-hybridized carbons (Fsp3) is 0. The van der Waals surface area contributed by atoms with Crippen LogP contribution < -0.4 is 10.0 Å². The van der Waals surface area contributed by atoms with Crippen LogP contribution in [0.1, 0.15) is 9.67 Å². The van der Waals surface area contributed by atoms with Crippen molar-refractivity contribution in [1.82, 2.24) is 4.98 Å². The summed E-state index contributed by atoms with van der Waals surface area (Å²) in [6.07, 6.45) is 1.58. The molecule has 0 radical (unpaired) electrons. The van der Waals surface area contributed by atoms with E-state index in [4.69, 9.17) is 0 Å². The largest absolute Gasteiger partial charge is 0.297 e. The second kappa shape index (κ2) is 6.49. The van der Waals surface area contributed by atoms with Crippen molar-refractivity contribution in [2.24, 2.45) is 0 Å². The van der Waals surface area contributed by atoms with Crippen LogP contribution in [0.3, 0.4) is 0 Å². The van der Waals surface area contributed by atoms with Crippen LogP contribution >= 0.6 is 22.7 Å². The molecule has 0 spiro atoms.